The number of aliphatic hydroxyl groups excluding tert-OH is 1. The second-order valence-electron chi connectivity index (χ2n) is 8.63. The number of amides is 3. The number of unbranched alkanes of at least 4 members (excludes halogenated alkanes) is 3. The third-order valence-corrected chi connectivity index (χ3v) is 9.01. The van der Waals surface area contributed by atoms with E-state index in [4.69, 9.17) is 5.11 Å². The first-order valence-electron chi connectivity index (χ1n) is 11.0. The average Bonchev–Trinajstić information content (AvgIpc) is 3.29. The number of carbonyl (C=O) groups is 3. The molecule has 0 aromatic rings. The number of rotatable bonds is 10. The summed E-state index contributed by atoms with van der Waals surface area (Å²) in [5, 5.41) is 15.0. The SMILES string of the molecule is CCCCNC(=O)C1N(CCCCCO)C(=O)[C@@H]2[C@@H](C(=O)NC)[C@H]3CC(C)C12S3. The molecule has 3 rings (SSSR count). The number of hydrogen-bond donors (Lipinski definition) is 3. The third kappa shape index (κ3) is 3.67. The molecule has 1 spiro atoms. The minimum absolute atomic E-state index is 0.0419. The van der Waals surface area contributed by atoms with Crippen LogP contribution in [-0.4, -0.2) is 70.5 Å². The van der Waals surface area contributed by atoms with Gasteiger partial charge in [0.2, 0.25) is 17.7 Å². The summed E-state index contributed by atoms with van der Waals surface area (Å²) >= 11 is 1.71. The van der Waals surface area contributed by atoms with Crippen molar-refractivity contribution in [2.24, 2.45) is 17.8 Å². The average molecular weight is 426 g/mol. The number of carbonyl (C=O) groups excluding carboxylic acids is 3. The summed E-state index contributed by atoms with van der Waals surface area (Å²) in [4.78, 5) is 41.3. The van der Waals surface area contributed by atoms with Crippen molar-refractivity contribution in [3.05, 3.63) is 0 Å². The van der Waals surface area contributed by atoms with E-state index in [0.29, 0.717) is 19.5 Å². The Hall–Kier alpha value is -1.28. The summed E-state index contributed by atoms with van der Waals surface area (Å²) in [6, 6.07) is -0.523. The van der Waals surface area contributed by atoms with Gasteiger partial charge in [0.25, 0.3) is 0 Å². The maximum absolute atomic E-state index is 13.6. The molecule has 164 valence electrons. The standard InChI is InChI=1S/C21H35N3O4S/c1-4-5-9-23-19(27)17-21-13(2)12-14(29-21)15(18(26)22-3)16(21)20(28)24(17)10-7-6-8-11-25/h13-17,25H,4-12H2,1-3H3,(H,22,26)(H,23,27)/t13?,14-,15+,16+,17?,21?/m1/s1. The maximum atomic E-state index is 13.6. The van der Waals surface area contributed by atoms with Gasteiger partial charge in [-0.3, -0.25) is 14.4 Å². The predicted octanol–water partition coefficient (Wildman–Crippen LogP) is 1.15. The van der Waals surface area contributed by atoms with E-state index in [2.05, 4.69) is 24.5 Å². The molecule has 0 aromatic carbocycles. The number of hydrogen-bond acceptors (Lipinski definition) is 5. The Morgan fingerprint density at radius 3 is 2.66 bits per heavy atom. The van der Waals surface area contributed by atoms with Crippen LogP contribution in [0.3, 0.4) is 0 Å². The predicted molar refractivity (Wildman–Crippen MR) is 113 cm³/mol. The van der Waals surface area contributed by atoms with Crippen molar-refractivity contribution in [3.8, 4) is 0 Å². The van der Waals surface area contributed by atoms with Gasteiger partial charge in [0, 0.05) is 32.0 Å². The highest BCUT2D eigenvalue weighted by Gasteiger charge is 2.75. The molecule has 7 nitrogen and oxygen atoms in total. The van der Waals surface area contributed by atoms with E-state index >= 15 is 0 Å². The molecule has 3 unspecified atom stereocenters. The molecule has 3 heterocycles. The lowest BCUT2D eigenvalue weighted by molar-refractivity contribution is -0.140. The van der Waals surface area contributed by atoms with Crippen LogP contribution in [0.2, 0.25) is 0 Å². The first kappa shape index (κ1) is 22.4. The Morgan fingerprint density at radius 2 is 2.00 bits per heavy atom. The number of likely N-dealkylation sites (tertiary alicyclic amines) is 1. The minimum Gasteiger partial charge on any atom is -0.396 e. The van der Waals surface area contributed by atoms with Crippen molar-refractivity contribution >= 4 is 29.5 Å². The first-order chi connectivity index (χ1) is 13.9. The van der Waals surface area contributed by atoms with Crippen molar-refractivity contribution < 1.29 is 19.5 Å². The molecular weight excluding hydrogens is 390 g/mol. The Bertz CT molecular complexity index is 645. The molecule has 0 aliphatic carbocycles. The summed E-state index contributed by atoms with van der Waals surface area (Å²) < 4.78 is -0.522. The fourth-order valence-corrected chi connectivity index (χ4v) is 8.00. The van der Waals surface area contributed by atoms with E-state index in [9.17, 15) is 14.4 Å². The molecule has 0 saturated carbocycles. The maximum Gasteiger partial charge on any atom is 0.244 e. The zero-order valence-electron chi connectivity index (χ0n) is 17.8. The van der Waals surface area contributed by atoms with Crippen LogP contribution >= 0.6 is 11.8 Å². The van der Waals surface area contributed by atoms with Crippen LogP contribution in [0.15, 0.2) is 0 Å². The van der Waals surface area contributed by atoms with Crippen molar-refractivity contribution in [3.63, 3.8) is 0 Å². The lowest BCUT2D eigenvalue weighted by Gasteiger charge is -2.38. The van der Waals surface area contributed by atoms with Crippen LogP contribution in [0.1, 0.15) is 52.4 Å². The molecule has 2 bridgehead atoms. The molecule has 3 amide bonds. The molecule has 3 N–H and O–H groups in total. The first-order valence-corrected chi connectivity index (χ1v) is 11.9. The summed E-state index contributed by atoms with van der Waals surface area (Å²) in [5.41, 5.74) is 0. The minimum atomic E-state index is -0.523. The topological polar surface area (TPSA) is 98.7 Å². The van der Waals surface area contributed by atoms with Crippen LogP contribution in [-0.2, 0) is 14.4 Å². The van der Waals surface area contributed by atoms with E-state index in [0.717, 1.165) is 32.1 Å². The fraction of sp³-hybridized carbons (Fsp3) is 0.857. The van der Waals surface area contributed by atoms with Crippen molar-refractivity contribution in [1.82, 2.24) is 15.5 Å². The van der Waals surface area contributed by atoms with Gasteiger partial charge in [-0.15, -0.1) is 11.8 Å². The highest BCUT2D eigenvalue weighted by atomic mass is 32.2. The number of nitrogens with zero attached hydrogens (tertiary/aromatic N) is 1. The van der Waals surface area contributed by atoms with Crippen LogP contribution in [0.5, 0.6) is 0 Å². The van der Waals surface area contributed by atoms with E-state index in [-0.39, 0.29) is 41.4 Å². The summed E-state index contributed by atoms with van der Waals surface area (Å²) in [7, 11) is 1.62. The highest BCUT2D eigenvalue weighted by Crippen LogP contribution is 2.68. The van der Waals surface area contributed by atoms with Gasteiger partial charge < -0.3 is 20.6 Å². The molecule has 3 saturated heterocycles. The number of thioether (sulfide) groups is 1. The van der Waals surface area contributed by atoms with Crippen LogP contribution in [0.4, 0.5) is 0 Å². The van der Waals surface area contributed by atoms with Gasteiger partial charge in [-0.25, -0.2) is 0 Å². The van der Waals surface area contributed by atoms with Gasteiger partial charge in [0.1, 0.15) is 6.04 Å². The quantitative estimate of drug-likeness (QED) is 0.456. The van der Waals surface area contributed by atoms with Crippen molar-refractivity contribution in [1.29, 1.82) is 0 Å². The summed E-state index contributed by atoms with van der Waals surface area (Å²) in [6.45, 7) is 5.46. The molecular formula is C21H35N3O4S. The van der Waals surface area contributed by atoms with Gasteiger partial charge in [-0.05, 0) is 38.0 Å². The molecule has 3 fully saturated rings. The van der Waals surface area contributed by atoms with E-state index in [1.807, 2.05) is 0 Å². The van der Waals surface area contributed by atoms with E-state index < -0.39 is 16.7 Å². The van der Waals surface area contributed by atoms with Gasteiger partial charge in [0.05, 0.1) is 16.6 Å². The number of aliphatic hydroxyl groups is 1. The Balaban J connectivity index is 1.91. The summed E-state index contributed by atoms with van der Waals surface area (Å²) in [6.07, 6.45) is 5.02. The lowest BCUT2D eigenvalue weighted by Crippen LogP contribution is -2.56. The largest absolute Gasteiger partial charge is 0.396 e. The molecule has 0 radical (unpaired) electrons. The third-order valence-electron chi connectivity index (χ3n) is 6.93. The van der Waals surface area contributed by atoms with Crippen molar-refractivity contribution in [2.45, 2.75) is 68.4 Å². The van der Waals surface area contributed by atoms with Crippen molar-refractivity contribution in [2.75, 3.05) is 26.7 Å². The fourth-order valence-electron chi connectivity index (χ4n) is 5.58. The van der Waals surface area contributed by atoms with E-state index in [1.165, 1.54) is 0 Å². The number of fused-ring (bicyclic) bond motifs is 1. The zero-order chi connectivity index (χ0) is 21.2. The molecule has 29 heavy (non-hydrogen) atoms. The zero-order valence-corrected chi connectivity index (χ0v) is 18.6. The summed E-state index contributed by atoms with van der Waals surface area (Å²) in [5.74, 6) is -0.782. The van der Waals surface area contributed by atoms with Crippen LogP contribution in [0.25, 0.3) is 0 Å². The van der Waals surface area contributed by atoms with Gasteiger partial charge in [-0.1, -0.05) is 20.3 Å². The van der Waals surface area contributed by atoms with E-state index in [1.54, 1.807) is 23.7 Å². The number of nitrogens with one attached hydrogen (secondary N) is 2. The Morgan fingerprint density at radius 1 is 1.24 bits per heavy atom. The monoisotopic (exact) mass is 425 g/mol. The van der Waals surface area contributed by atoms with Crippen LogP contribution in [0, 0.1) is 17.8 Å². The molecule has 6 atom stereocenters. The van der Waals surface area contributed by atoms with Gasteiger partial charge >= 0.3 is 0 Å². The molecule has 0 aromatic heterocycles. The van der Waals surface area contributed by atoms with Gasteiger partial charge in [-0.2, -0.15) is 0 Å². The lowest BCUT2D eigenvalue weighted by atomic mass is 9.66. The molecule has 8 heteroatoms. The molecule has 3 aliphatic heterocycles. The Labute approximate surface area is 177 Å². The highest BCUT2D eigenvalue weighted by molar-refractivity contribution is 8.02. The van der Waals surface area contributed by atoms with Gasteiger partial charge in [0.15, 0.2) is 0 Å². The molecule has 3 aliphatic rings. The van der Waals surface area contributed by atoms with Crippen LogP contribution < -0.4 is 10.6 Å². The second-order valence-corrected chi connectivity index (χ2v) is 10.2. The normalized spacial score (nSPS) is 35.1. The Kier molecular flexibility index (Phi) is 7.14. The smallest absolute Gasteiger partial charge is 0.244 e. The second kappa shape index (κ2) is 9.25.